The molecule has 1 aromatic carbocycles. The summed E-state index contributed by atoms with van der Waals surface area (Å²) in [5.74, 6) is 0. The first-order chi connectivity index (χ1) is 9.88. The molecule has 21 heavy (non-hydrogen) atoms. The van der Waals surface area contributed by atoms with Crippen molar-refractivity contribution in [2.24, 2.45) is 0 Å². The summed E-state index contributed by atoms with van der Waals surface area (Å²) in [5.41, 5.74) is 0.304. The molecule has 3 aromatic rings. The number of nitrogens with zero attached hydrogens (tertiary/aromatic N) is 2. The molecule has 0 bridgehead atoms. The molecule has 2 nitrogen and oxygen atoms in total. The zero-order valence-corrected chi connectivity index (χ0v) is 11.8. The summed E-state index contributed by atoms with van der Waals surface area (Å²) in [4.78, 5) is 3.98. The van der Waals surface area contributed by atoms with Crippen LogP contribution >= 0.6 is 23.2 Å². The third-order valence-corrected chi connectivity index (χ3v) is 3.65. The van der Waals surface area contributed by atoms with Crippen LogP contribution in [0, 0.1) is 0 Å². The number of alkyl halides is 3. The molecule has 3 rings (SSSR count). The van der Waals surface area contributed by atoms with Crippen molar-refractivity contribution in [2.75, 3.05) is 0 Å². The Morgan fingerprint density at radius 3 is 2.48 bits per heavy atom. The van der Waals surface area contributed by atoms with Crippen LogP contribution in [0.15, 0.2) is 42.7 Å². The Hall–Kier alpha value is -1.72. The average molecular weight is 331 g/mol. The van der Waals surface area contributed by atoms with Gasteiger partial charge in [0.15, 0.2) is 0 Å². The lowest BCUT2D eigenvalue weighted by molar-refractivity contribution is -0.137. The van der Waals surface area contributed by atoms with Gasteiger partial charge in [-0.15, -0.1) is 0 Å². The minimum absolute atomic E-state index is 0.0268. The Balaban J connectivity index is 2.22. The first kappa shape index (κ1) is 14.2. The van der Waals surface area contributed by atoms with E-state index in [-0.39, 0.29) is 5.02 Å². The van der Waals surface area contributed by atoms with Gasteiger partial charge in [0, 0.05) is 17.8 Å². The van der Waals surface area contributed by atoms with Crippen LogP contribution < -0.4 is 0 Å². The predicted molar refractivity (Wildman–Crippen MR) is 76.1 cm³/mol. The molecule has 0 atom stereocenters. The summed E-state index contributed by atoms with van der Waals surface area (Å²) >= 11 is 12.2. The lowest BCUT2D eigenvalue weighted by atomic mass is 10.2. The molecule has 7 heteroatoms. The first-order valence-corrected chi connectivity index (χ1v) is 6.61. The van der Waals surface area contributed by atoms with Crippen molar-refractivity contribution < 1.29 is 13.2 Å². The summed E-state index contributed by atoms with van der Waals surface area (Å²) in [7, 11) is 0. The van der Waals surface area contributed by atoms with Crippen molar-refractivity contribution in [2.45, 2.75) is 6.18 Å². The summed E-state index contributed by atoms with van der Waals surface area (Å²) in [6.45, 7) is 0. The lowest BCUT2D eigenvalue weighted by Gasteiger charge is -2.12. The molecule has 0 aliphatic carbocycles. The fraction of sp³-hybridized carbons (Fsp3) is 0.0714. The van der Waals surface area contributed by atoms with Crippen molar-refractivity contribution in [1.29, 1.82) is 0 Å². The van der Waals surface area contributed by atoms with Gasteiger partial charge in [0.25, 0.3) is 0 Å². The van der Waals surface area contributed by atoms with E-state index in [1.54, 1.807) is 29.1 Å². The molecule has 0 amide bonds. The van der Waals surface area contributed by atoms with E-state index >= 15 is 0 Å². The van der Waals surface area contributed by atoms with E-state index < -0.39 is 11.7 Å². The molecule has 108 valence electrons. The van der Waals surface area contributed by atoms with E-state index in [9.17, 15) is 13.2 Å². The van der Waals surface area contributed by atoms with Crippen molar-refractivity contribution in [1.82, 2.24) is 9.55 Å². The monoisotopic (exact) mass is 330 g/mol. The maximum Gasteiger partial charge on any atom is 0.416 e. The van der Waals surface area contributed by atoms with Crippen molar-refractivity contribution >= 4 is 34.1 Å². The highest BCUT2D eigenvalue weighted by Gasteiger charge is 2.31. The highest BCUT2D eigenvalue weighted by molar-refractivity contribution is 6.34. The van der Waals surface area contributed by atoms with Gasteiger partial charge in [-0.1, -0.05) is 23.2 Å². The van der Waals surface area contributed by atoms with Gasteiger partial charge in [-0.25, -0.2) is 0 Å². The van der Waals surface area contributed by atoms with E-state index in [2.05, 4.69) is 4.98 Å². The van der Waals surface area contributed by atoms with Crippen LogP contribution in [0.5, 0.6) is 0 Å². The number of hydrogen-bond acceptors (Lipinski definition) is 1. The number of aromatic nitrogens is 2. The zero-order valence-electron chi connectivity index (χ0n) is 10.3. The third kappa shape index (κ3) is 2.47. The second-order valence-corrected chi connectivity index (χ2v) is 5.20. The first-order valence-electron chi connectivity index (χ1n) is 5.86. The molecule has 0 saturated heterocycles. The molecular formula is C14H7Cl2F3N2. The largest absolute Gasteiger partial charge is 0.416 e. The van der Waals surface area contributed by atoms with E-state index in [0.717, 1.165) is 23.0 Å². The molecule has 0 spiro atoms. The Kier molecular flexibility index (Phi) is 3.34. The van der Waals surface area contributed by atoms with Crippen LogP contribution in [0.2, 0.25) is 10.2 Å². The molecular weight excluding hydrogens is 324 g/mol. The Labute approximate surface area is 127 Å². The molecule has 0 aliphatic heterocycles. The summed E-state index contributed by atoms with van der Waals surface area (Å²) in [6, 6.07) is 6.56. The number of benzene rings is 1. The highest BCUT2D eigenvalue weighted by atomic mass is 35.5. The molecule has 0 saturated carbocycles. The Morgan fingerprint density at radius 2 is 1.81 bits per heavy atom. The smallest absolute Gasteiger partial charge is 0.299 e. The standard InChI is InChI=1S/C14H7Cl2F3N2/c15-10-6-9(14(17,18)19)1-2-12(10)21-11-3-4-20-7-8(11)5-13(21)16/h1-7H. The van der Waals surface area contributed by atoms with Gasteiger partial charge < -0.3 is 0 Å². The number of pyridine rings is 1. The number of hydrogen-bond donors (Lipinski definition) is 0. The van der Waals surface area contributed by atoms with Gasteiger partial charge in [0.05, 0.1) is 21.8 Å². The molecule has 0 N–H and O–H groups in total. The van der Waals surface area contributed by atoms with Crippen molar-refractivity contribution in [3.63, 3.8) is 0 Å². The maximum atomic E-state index is 12.7. The fourth-order valence-corrected chi connectivity index (χ4v) is 2.70. The number of halogens is 5. The van der Waals surface area contributed by atoms with Crippen molar-refractivity contribution in [3.8, 4) is 5.69 Å². The van der Waals surface area contributed by atoms with Gasteiger partial charge in [-0.2, -0.15) is 13.2 Å². The van der Waals surface area contributed by atoms with Gasteiger partial charge in [0.1, 0.15) is 5.15 Å². The normalized spacial score (nSPS) is 12.0. The summed E-state index contributed by atoms with van der Waals surface area (Å²) in [6.07, 6.45) is -1.24. The lowest BCUT2D eigenvalue weighted by Crippen LogP contribution is -2.05. The van der Waals surface area contributed by atoms with Gasteiger partial charge >= 0.3 is 6.18 Å². The molecule has 0 aliphatic rings. The summed E-state index contributed by atoms with van der Waals surface area (Å²) in [5, 5.41) is 1.10. The fourth-order valence-electron chi connectivity index (χ4n) is 2.13. The molecule has 0 radical (unpaired) electrons. The highest BCUT2D eigenvalue weighted by Crippen LogP contribution is 2.35. The minimum Gasteiger partial charge on any atom is -0.299 e. The van der Waals surface area contributed by atoms with Crippen LogP contribution in [-0.4, -0.2) is 9.55 Å². The average Bonchev–Trinajstić information content (AvgIpc) is 2.74. The molecule has 0 unspecified atom stereocenters. The van der Waals surface area contributed by atoms with Gasteiger partial charge in [-0.05, 0) is 30.3 Å². The second kappa shape index (κ2) is 4.93. The quantitative estimate of drug-likeness (QED) is 0.588. The number of fused-ring (bicyclic) bond motifs is 1. The van der Waals surface area contributed by atoms with Crippen molar-refractivity contribution in [3.05, 3.63) is 58.5 Å². The van der Waals surface area contributed by atoms with E-state index in [1.807, 2.05) is 0 Å². The maximum absolute atomic E-state index is 12.7. The van der Waals surface area contributed by atoms with Crippen LogP contribution in [0.4, 0.5) is 13.2 Å². The summed E-state index contributed by atoms with van der Waals surface area (Å²) < 4.78 is 39.6. The van der Waals surface area contributed by atoms with Crippen LogP contribution in [0.3, 0.4) is 0 Å². The van der Waals surface area contributed by atoms with Gasteiger partial charge in [-0.3, -0.25) is 9.55 Å². The molecule has 2 aromatic heterocycles. The molecule has 0 fully saturated rings. The van der Waals surface area contributed by atoms with Crippen LogP contribution in [0.25, 0.3) is 16.6 Å². The van der Waals surface area contributed by atoms with Crippen LogP contribution in [-0.2, 0) is 6.18 Å². The van der Waals surface area contributed by atoms with E-state index in [0.29, 0.717) is 10.8 Å². The predicted octanol–water partition coefficient (Wildman–Crippen LogP) is 5.35. The van der Waals surface area contributed by atoms with E-state index in [1.165, 1.54) is 6.07 Å². The van der Waals surface area contributed by atoms with E-state index in [4.69, 9.17) is 23.2 Å². The minimum atomic E-state index is -4.44. The van der Waals surface area contributed by atoms with Crippen LogP contribution in [0.1, 0.15) is 5.56 Å². The Bertz CT molecular complexity index is 825. The van der Waals surface area contributed by atoms with Gasteiger partial charge in [0.2, 0.25) is 0 Å². The zero-order chi connectivity index (χ0) is 15.2. The SMILES string of the molecule is FC(F)(F)c1ccc(-n2c(Cl)cc3cnccc32)c(Cl)c1. The number of rotatable bonds is 1. The second-order valence-electron chi connectivity index (χ2n) is 4.40. The molecule has 2 heterocycles. The topological polar surface area (TPSA) is 17.8 Å². The third-order valence-electron chi connectivity index (χ3n) is 3.07. The Morgan fingerprint density at radius 1 is 1.05 bits per heavy atom.